The molecule has 1 fully saturated rings. The second-order valence-corrected chi connectivity index (χ2v) is 8.24. The summed E-state index contributed by atoms with van der Waals surface area (Å²) in [6.07, 6.45) is 2.25. The van der Waals surface area contributed by atoms with Crippen LogP contribution in [0.1, 0.15) is 36.3 Å². The Morgan fingerprint density at radius 3 is 2.63 bits per heavy atom. The van der Waals surface area contributed by atoms with Crippen LogP contribution in [0.15, 0.2) is 54.6 Å². The molecule has 5 heteroatoms. The number of unbranched alkanes of at least 4 members (excludes halogenated alkanes) is 1. The van der Waals surface area contributed by atoms with Gasteiger partial charge >= 0.3 is 0 Å². The van der Waals surface area contributed by atoms with Gasteiger partial charge in [-0.2, -0.15) is 0 Å². The van der Waals surface area contributed by atoms with E-state index in [-0.39, 0.29) is 17.1 Å². The number of hydrogen-bond acceptors (Lipinski definition) is 2. The van der Waals surface area contributed by atoms with Gasteiger partial charge in [-0.3, -0.25) is 4.79 Å². The Morgan fingerprint density at radius 2 is 1.93 bits per heavy atom. The van der Waals surface area contributed by atoms with Crippen LogP contribution >= 0.6 is 11.8 Å². The van der Waals surface area contributed by atoms with Crippen LogP contribution in [-0.2, 0) is 11.3 Å². The first-order chi connectivity index (χ1) is 13.2. The molecule has 3 rings (SSSR count). The molecular formula is C22H28FN2OS+. The summed E-state index contributed by atoms with van der Waals surface area (Å²) in [5.41, 5.74) is 2.27. The number of hydrogen-bond donors (Lipinski definition) is 1. The van der Waals surface area contributed by atoms with Gasteiger partial charge in [0.25, 0.3) is 5.91 Å². The molecule has 1 unspecified atom stereocenters. The van der Waals surface area contributed by atoms with Crippen LogP contribution in [0.25, 0.3) is 0 Å². The Balaban J connectivity index is 1.67. The summed E-state index contributed by atoms with van der Waals surface area (Å²) in [5.74, 6) is 0.880. The fourth-order valence-electron chi connectivity index (χ4n) is 3.49. The fraction of sp³-hybridized carbons (Fsp3) is 0.409. The van der Waals surface area contributed by atoms with Crippen LogP contribution < -0.4 is 4.90 Å². The van der Waals surface area contributed by atoms with Crippen LogP contribution in [0.5, 0.6) is 0 Å². The van der Waals surface area contributed by atoms with Gasteiger partial charge in [0.15, 0.2) is 6.54 Å². The Bertz CT molecular complexity index is 723. The number of carbonyl (C=O) groups excluding carboxylic acids is 1. The number of rotatable bonds is 8. The predicted molar refractivity (Wildman–Crippen MR) is 109 cm³/mol. The first kappa shape index (κ1) is 19.9. The molecule has 1 amide bonds. The highest BCUT2D eigenvalue weighted by atomic mass is 32.2. The fourth-order valence-corrected chi connectivity index (χ4v) is 4.77. The number of thioether (sulfide) groups is 1. The normalized spacial score (nSPS) is 17.9. The van der Waals surface area contributed by atoms with Crippen molar-refractivity contribution >= 4 is 17.7 Å². The highest BCUT2D eigenvalue weighted by Gasteiger charge is 2.32. The van der Waals surface area contributed by atoms with E-state index in [9.17, 15) is 9.18 Å². The van der Waals surface area contributed by atoms with Crippen LogP contribution in [0, 0.1) is 5.82 Å². The maximum Gasteiger partial charge on any atom is 0.278 e. The second-order valence-electron chi connectivity index (χ2n) is 7.05. The lowest BCUT2D eigenvalue weighted by atomic mass is 10.2. The van der Waals surface area contributed by atoms with E-state index in [4.69, 9.17) is 0 Å². The van der Waals surface area contributed by atoms with E-state index in [0.29, 0.717) is 6.54 Å². The zero-order chi connectivity index (χ0) is 19.1. The van der Waals surface area contributed by atoms with Gasteiger partial charge in [-0.15, -0.1) is 11.8 Å². The van der Waals surface area contributed by atoms with E-state index < -0.39 is 0 Å². The van der Waals surface area contributed by atoms with Gasteiger partial charge in [0, 0.05) is 17.9 Å². The van der Waals surface area contributed by atoms with E-state index in [1.54, 1.807) is 23.9 Å². The number of carbonyl (C=O) groups is 1. The van der Waals surface area contributed by atoms with Gasteiger partial charge in [-0.05, 0) is 24.1 Å². The topological polar surface area (TPSA) is 24.8 Å². The number of halogens is 1. The Morgan fingerprint density at radius 1 is 1.19 bits per heavy atom. The second kappa shape index (κ2) is 9.90. The van der Waals surface area contributed by atoms with Crippen molar-refractivity contribution in [1.82, 2.24) is 4.90 Å². The molecule has 2 aromatic carbocycles. The molecule has 0 radical (unpaired) electrons. The first-order valence-corrected chi connectivity index (χ1v) is 10.8. The maximum absolute atomic E-state index is 13.2. The van der Waals surface area contributed by atoms with Crippen molar-refractivity contribution in [2.24, 2.45) is 0 Å². The summed E-state index contributed by atoms with van der Waals surface area (Å²) in [6, 6.07) is 16.9. The van der Waals surface area contributed by atoms with Crippen molar-refractivity contribution in [2.45, 2.75) is 31.7 Å². The zero-order valence-corrected chi connectivity index (χ0v) is 16.7. The number of nitrogens with zero attached hydrogens (tertiary/aromatic N) is 1. The smallest absolute Gasteiger partial charge is 0.278 e. The van der Waals surface area contributed by atoms with Crippen LogP contribution in [0.4, 0.5) is 4.39 Å². The summed E-state index contributed by atoms with van der Waals surface area (Å²) in [4.78, 5) is 16.4. The minimum Gasteiger partial charge on any atom is -0.323 e. The van der Waals surface area contributed by atoms with E-state index >= 15 is 0 Å². The first-order valence-electron chi connectivity index (χ1n) is 9.71. The van der Waals surface area contributed by atoms with E-state index in [1.165, 1.54) is 22.6 Å². The SMILES string of the molecule is CCCC[NH+](CC(=O)N1CCS[C@H]1c1ccc(F)cc1)Cc1ccccc1. The largest absolute Gasteiger partial charge is 0.323 e. The van der Waals surface area contributed by atoms with Crippen LogP contribution in [0.3, 0.4) is 0 Å². The van der Waals surface area contributed by atoms with Gasteiger partial charge in [0.2, 0.25) is 0 Å². The van der Waals surface area contributed by atoms with Gasteiger partial charge in [0.1, 0.15) is 17.7 Å². The number of amides is 1. The molecule has 0 aliphatic carbocycles. The van der Waals surface area contributed by atoms with Gasteiger partial charge in [-0.25, -0.2) is 4.39 Å². The highest BCUT2D eigenvalue weighted by molar-refractivity contribution is 7.99. The van der Waals surface area contributed by atoms with Crippen molar-refractivity contribution in [3.05, 3.63) is 71.5 Å². The van der Waals surface area contributed by atoms with E-state index in [0.717, 1.165) is 43.8 Å². The summed E-state index contributed by atoms with van der Waals surface area (Å²) in [7, 11) is 0. The molecular weight excluding hydrogens is 359 g/mol. The quantitative estimate of drug-likeness (QED) is 0.752. The molecule has 1 saturated heterocycles. The third-order valence-electron chi connectivity index (χ3n) is 4.95. The predicted octanol–water partition coefficient (Wildman–Crippen LogP) is 3.28. The highest BCUT2D eigenvalue weighted by Crippen LogP contribution is 2.37. The Hall–Kier alpha value is -1.85. The van der Waals surface area contributed by atoms with Crippen molar-refractivity contribution in [1.29, 1.82) is 0 Å². The average Bonchev–Trinajstić information content (AvgIpc) is 3.17. The Labute approximate surface area is 165 Å². The van der Waals surface area contributed by atoms with E-state index in [1.807, 2.05) is 11.0 Å². The summed E-state index contributed by atoms with van der Waals surface area (Å²) >= 11 is 1.76. The third kappa shape index (κ3) is 5.56. The van der Waals surface area contributed by atoms with Gasteiger partial charge < -0.3 is 9.80 Å². The molecule has 0 bridgehead atoms. The zero-order valence-electron chi connectivity index (χ0n) is 15.9. The minimum absolute atomic E-state index is 0.00208. The van der Waals surface area contributed by atoms with Crippen molar-refractivity contribution < 1.29 is 14.1 Å². The number of quaternary nitrogens is 1. The monoisotopic (exact) mass is 387 g/mol. The summed E-state index contributed by atoms with van der Waals surface area (Å²) in [6.45, 7) is 5.32. The third-order valence-corrected chi connectivity index (χ3v) is 6.21. The van der Waals surface area contributed by atoms with Crippen molar-refractivity contribution in [3.8, 4) is 0 Å². The van der Waals surface area contributed by atoms with Crippen molar-refractivity contribution in [2.75, 3.05) is 25.4 Å². The lowest BCUT2D eigenvalue weighted by Crippen LogP contribution is -3.12. The van der Waals surface area contributed by atoms with E-state index in [2.05, 4.69) is 31.2 Å². The molecule has 27 heavy (non-hydrogen) atoms. The lowest BCUT2D eigenvalue weighted by Gasteiger charge is -2.27. The summed E-state index contributed by atoms with van der Waals surface area (Å²) < 4.78 is 13.2. The molecule has 1 aliphatic rings. The molecule has 2 aromatic rings. The van der Waals surface area contributed by atoms with Gasteiger partial charge in [-0.1, -0.05) is 55.8 Å². The maximum atomic E-state index is 13.2. The molecule has 0 spiro atoms. The molecule has 0 aromatic heterocycles. The summed E-state index contributed by atoms with van der Waals surface area (Å²) in [5, 5.41) is 0.00208. The minimum atomic E-state index is -0.238. The molecule has 0 saturated carbocycles. The molecule has 1 N–H and O–H groups in total. The van der Waals surface area contributed by atoms with Gasteiger partial charge in [0.05, 0.1) is 6.54 Å². The number of benzene rings is 2. The Kier molecular flexibility index (Phi) is 7.30. The molecule has 2 atom stereocenters. The molecule has 1 heterocycles. The standard InChI is InChI=1S/C22H27FN2OS/c1-2-3-13-24(16-18-7-5-4-6-8-18)17-21(26)25-14-15-27-22(25)19-9-11-20(23)12-10-19/h4-12,22H,2-3,13-17H2,1H3/p+1/t22-/m0/s1. The molecule has 3 nitrogen and oxygen atoms in total. The molecule has 1 aliphatic heterocycles. The average molecular weight is 388 g/mol. The van der Waals surface area contributed by atoms with Crippen LogP contribution in [-0.4, -0.2) is 36.2 Å². The van der Waals surface area contributed by atoms with Crippen molar-refractivity contribution in [3.63, 3.8) is 0 Å². The lowest BCUT2D eigenvalue weighted by molar-refractivity contribution is -0.906. The van der Waals surface area contributed by atoms with Crippen LogP contribution in [0.2, 0.25) is 0 Å². The number of nitrogens with one attached hydrogen (secondary N) is 1. The molecule has 144 valence electrons.